The van der Waals surface area contributed by atoms with Gasteiger partial charge in [-0.1, -0.05) is 0 Å². The molecule has 96 valence electrons. The normalized spacial score (nSPS) is 19.5. The molecule has 0 spiro atoms. The number of nitrogens with one attached hydrogen (secondary N) is 2. The van der Waals surface area contributed by atoms with E-state index in [1.165, 1.54) is 0 Å². The number of H-pyrrole nitrogens is 1. The number of fused-ring (bicyclic) bond motifs is 1. The predicted molar refractivity (Wildman–Crippen MR) is 66.5 cm³/mol. The molecule has 1 aliphatic heterocycles. The number of hydrogen-bond donors (Lipinski definition) is 2. The molecule has 18 heavy (non-hydrogen) atoms. The molecular formula is C11H15N5O2. The summed E-state index contributed by atoms with van der Waals surface area (Å²) in [6, 6.07) is 0. The van der Waals surface area contributed by atoms with E-state index in [4.69, 9.17) is 4.74 Å². The van der Waals surface area contributed by atoms with Crippen molar-refractivity contribution in [1.82, 2.24) is 19.5 Å². The molecule has 0 bridgehead atoms. The van der Waals surface area contributed by atoms with Gasteiger partial charge in [0, 0.05) is 13.2 Å². The van der Waals surface area contributed by atoms with Crippen molar-refractivity contribution in [2.75, 3.05) is 18.5 Å². The smallest absolute Gasteiger partial charge is 0.280 e. The van der Waals surface area contributed by atoms with Crippen LogP contribution in [-0.2, 0) is 4.74 Å². The fraction of sp³-hybridized carbons (Fsp3) is 0.545. The lowest BCUT2D eigenvalue weighted by atomic mass is 10.3. The summed E-state index contributed by atoms with van der Waals surface area (Å²) >= 11 is 0. The third-order valence-electron chi connectivity index (χ3n) is 2.99. The van der Waals surface area contributed by atoms with Crippen molar-refractivity contribution in [2.45, 2.75) is 26.0 Å². The topological polar surface area (TPSA) is 84.8 Å². The molecule has 0 saturated carbocycles. The molecule has 7 nitrogen and oxygen atoms in total. The van der Waals surface area contributed by atoms with Gasteiger partial charge in [-0.25, -0.2) is 4.98 Å². The quantitative estimate of drug-likeness (QED) is 0.842. The van der Waals surface area contributed by atoms with Crippen molar-refractivity contribution in [2.24, 2.45) is 0 Å². The molecule has 2 N–H and O–H groups in total. The van der Waals surface area contributed by atoms with Gasteiger partial charge in [-0.3, -0.25) is 14.3 Å². The number of ether oxygens (including phenoxy) is 1. The summed E-state index contributed by atoms with van der Waals surface area (Å²) in [5.74, 6) is 0.467. The van der Waals surface area contributed by atoms with E-state index < -0.39 is 0 Å². The fourth-order valence-electron chi connectivity index (χ4n) is 2.17. The van der Waals surface area contributed by atoms with Gasteiger partial charge in [0.25, 0.3) is 5.56 Å². The zero-order chi connectivity index (χ0) is 12.5. The third kappa shape index (κ3) is 1.76. The Bertz CT molecular complexity index is 611. The molecule has 0 radical (unpaired) electrons. The van der Waals surface area contributed by atoms with Crippen LogP contribution in [0.5, 0.6) is 0 Å². The van der Waals surface area contributed by atoms with Crippen molar-refractivity contribution < 1.29 is 4.74 Å². The number of hydrogen-bond acceptors (Lipinski definition) is 5. The standard InChI is InChI=1S/C11H15N5O2/c1-2-12-11-14-9-8(10(17)15-11)13-6-16(9)7-4-3-5-18-7/h6-7H,2-5H2,1H3,(H2,12,14,15,17)/t7-/m1/s1. The van der Waals surface area contributed by atoms with E-state index in [1.54, 1.807) is 6.33 Å². The minimum atomic E-state index is -0.229. The summed E-state index contributed by atoms with van der Waals surface area (Å²) in [7, 11) is 0. The van der Waals surface area contributed by atoms with Crippen LogP contribution in [0.2, 0.25) is 0 Å². The molecule has 1 atom stereocenters. The van der Waals surface area contributed by atoms with Gasteiger partial charge in [-0.15, -0.1) is 0 Å². The SMILES string of the molecule is CCNc1nc2c(ncn2[C@H]2CCCO2)c(=O)[nH]1. The van der Waals surface area contributed by atoms with Crippen LogP contribution in [0, 0.1) is 0 Å². The Balaban J connectivity index is 2.12. The van der Waals surface area contributed by atoms with E-state index in [1.807, 2.05) is 11.5 Å². The lowest BCUT2D eigenvalue weighted by molar-refractivity contribution is 0.0593. The minimum Gasteiger partial charge on any atom is -0.358 e. The Hall–Kier alpha value is -1.89. The van der Waals surface area contributed by atoms with Crippen LogP contribution in [0.3, 0.4) is 0 Å². The highest BCUT2D eigenvalue weighted by molar-refractivity contribution is 5.70. The van der Waals surface area contributed by atoms with Crippen LogP contribution in [0.25, 0.3) is 11.2 Å². The lowest BCUT2D eigenvalue weighted by Crippen LogP contribution is -2.15. The molecule has 1 saturated heterocycles. The minimum absolute atomic E-state index is 0.0567. The average molecular weight is 249 g/mol. The highest BCUT2D eigenvalue weighted by atomic mass is 16.5. The molecule has 3 rings (SSSR count). The third-order valence-corrected chi connectivity index (χ3v) is 2.99. The van der Waals surface area contributed by atoms with Gasteiger partial charge in [0.05, 0.1) is 6.33 Å². The number of rotatable bonds is 3. The number of nitrogens with zero attached hydrogens (tertiary/aromatic N) is 3. The summed E-state index contributed by atoms with van der Waals surface area (Å²) in [6.45, 7) is 3.39. The summed E-state index contributed by atoms with van der Waals surface area (Å²) < 4.78 is 7.43. The summed E-state index contributed by atoms with van der Waals surface area (Å²) in [4.78, 5) is 23.0. The molecule has 7 heteroatoms. The Morgan fingerprint density at radius 3 is 3.28 bits per heavy atom. The highest BCUT2D eigenvalue weighted by Crippen LogP contribution is 2.25. The van der Waals surface area contributed by atoms with Crippen LogP contribution < -0.4 is 10.9 Å². The lowest BCUT2D eigenvalue weighted by Gasteiger charge is -2.11. The molecule has 1 fully saturated rings. The molecule has 0 aliphatic carbocycles. The van der Waals surface area contributed by atoms with Gasteiger partial charge >= 0.3 is 0 Å². The maximum Gasteiger partial charge on any atom is 0.280 e. The molecule has 0 amide bonds. The molecule has 2 aromatic rings. The first-order valence-electron chi connectivity index (χ1n) is 6.12. The van der Waals surface area contributed by atoms with E-state index in [0.29, 0.717) is 23.7 Å². The zero-order valence-electron chi connectivity index (χ0n) is 10.1. The number of aromatic amines is 1. The van der Waals surface area contributed by atoms with Gasteiger partial charge in [-0.2, -0.15) is 4.98 Å². The second-order valence-corrected chi connectivity index (χ2v) is 4.24. The first-order chi connectivity index (χ1) is 8.79. The van der Waals surface area contributed by atoms with Crippen LogP contribution in [0.15, 0.2) is 11.1 Å². The summed E-state index contributed by atoms with van der Waals surface area (Å²) in [5.41, 5.74) is 0.696. The van der Waals surface area contributed by atoms with Gasteiger partial charge in [0.1, 0.15) is 6.23 Å². The van der Waals surface area contributed by atoms with Crippen molar-refractivity contribution in [1.29, 1.82) is 0 Å². The van der Waals surface area contributed by atoms with Crippen LogP contribution >= 0.6 is 0 Å². The summed E-state index contributed by atoms with van der Waals surface area (Å²) in [5, 5.41) is 3.00. The summed E-state index contributed by atoms with van der Waals surface area (Å²) in [6.07, 6.45) is 3.52. The highest BCUT2D eigenvalue weighted by Gasteiger charge is 2.21. The molecular weight excluding hydrogens is 234 g/mol. The van der Waals surface area contributed by atoms with Crippen molar-refractivity contribution in [3.05, 3.63) is 16.7 Å². The number of anilines is 1. The second kappa shape index (κ2) is 4.41. The molecule has 3 heterocycles. The number of imidazole rings is 1. The van der Waals surface area contributed by atoms with Crippen molar-refractivity contribution in [3.8, 4) is 0 Å². The van der Waals surface area contributed by atoms with Crippen LogP contribution in [0.4, 0.5) is 5.95 Å². The van der Waals surface area contributed by atoms with Crippen LogP contribution in [-0.4, -0.2) is 32.7 Å². The van der Waals surface area contributed by atoms with Gasteiger partial charge in [-0.05, 0) is 19.8 Å². The number of aromatic nitrogens is 4. The predicted octanol–water partition coefficient (Wildman–Crippen LogP) is 0.860. The Labute approximate surface area is 103 Å². The Morgan fingerprint density at radius 1 is 1.67 bits per heavy atom. The van der Waals surface area contributed by atoms with E-state index in [-0.39, 0.29) is 11.8 Å². The van der Waals surface area contributed by atoms with E-state index in [9.17, 15) is 4.79 Å². The monoisotopic (exact) mass is 249 g/mol. The fourth-order valence-corrected chi connectivity index (χ4v) is 2.17. The Kier molecular flexibility index (Phi) is 2.75. The molecule has 0 unspecified atom stereocenters. The van der Waals surface area contributed by atoms with E-state index >= 15 is 0 Å². The van der Waals surface area contributed by atoms with Crippen molar-refractivity contribution in [3.63, 3.8) is 0 Å². The van der Waals surface area contributed by atoms with Crippen LogP contribution in [0.1, 0.15) is 26.0 Å². The van der Waals surface area contributed by atoms with E-state index in [0.717, 1.165) is 19.4 Å². The first-order valence-corrected chi connectivity index (χ1v) is 6.12. The maximum absolute atomic E-state index is 11.9. The van der Waals surface area contributed by atoms with Gasteiger partial charge in [0.15, 0.2) is 11.2 Å². The maximum atomic E-state index is 11.9. The molecule has 1 aliphatic rings. The van der Waals surface area contributed by atoms with Gasteiger partial charge < -0.3 is 10.1 Å². The molecule has 2 aromatic heterocycles. The van der Waals surface area contributed by atoms with E-state index in [2.05, 4.69) is 20.3 Å². The molecule has 0 aromatic carbocycles. The second-order valence-electron chi connectivity index (χ2n) is 4.24. The van der Waals surface area contributed by atoms with Crippen molar-refractivity contribution >= 4 is 17.1 Å². The zero-order valence-corrected chi connectivity index (χ0v) is 10.1. The van der Waals surface area contributed by atoms with Gasteiger partial charge in [0.2, 0.25) is 5.95 Å². The average Bonchev–Trinajstić information content (AvgIpc) is 2.96. The largest absolute Gasteiger partial charge is 0.358 e. The first kappa shape index (κ1) is 11.2. The Morgan fingerprint density at radius 2 is 2.56 bits per heavy atom.